The second-order valence-electron chi connectivity index (χ2n) is 7.59. The zero-order chi connectivity index (χ0) is 22.0. The van der Waals surface area contributed by atoms with Crippen LogP contribution < -0.4 is 20.9 Å². The highest BCUT2D eigenvalue weighted by Crippen LogP contribution is 2.32. The van der Waals surface area contributed by atoms with Crippen LogP contribution in [0.25, 0.3) is 22.5 Å². The molecule has 1 aliphatic rings. The first-order valence-corrected chi connectivity index (χ1v) is 10.1. The fraction of sp³-hybridized carbons (Fsp3) is 0.304. The van der Waals surface area contributed by atoms with Crippen molar-refractivity contribution >= 4 is 5.82 Å². The lowest BCUT2D eigenvalue weighted by Crippen LogP contribution is -2.43. The standard InChI is InChI=1S/C23H24N6O2/c1-28-21(15-4-7-19(31-2)8-5-15)20(16-3-6-18(13-24)26-14-16)27-22(23(28)30)29-11-9-17(25)10-12-29/h3-8,14,17H,9-12,25H2,1-2H3. The van der Waals surface area contributed by atoms with E-state index in [0.717, 1.165) is 29.7 Å². The average Bonchev–Trinajstić information content (AvgIpc) is 2.81. The number of ether oxygens (including phenoxy) is 1. The minimum Gasteiger partial charge on any atom is -0.497 e. The van der Waals surface area contributed by atoms with Crippen molar-refractivity contribution in [2.45, 2.75) is 18.9 Å². The summed E-state index contributed by atoms with van der Waals surface area (Å²) >= 11 is 0. The van der Waals surface area contributed by atoms with Crippen LogP contribution in [0.5, 0.6) is 5.75 Å². The van der Waals surface area contributed by atoms with Gasteiger partial charge in [-0.15, -0.1) is 0 Å². The molecule has 31 heavy (non-hydrogen) atoms. The Kier molecular flexibility index (Phi) is 5.69. The number of nitriles is 1. The molecule has 4 rings (SSSR count). The molecule has 0 spiro atoms. The third-order valence-corrected chi connectivity index (χ3v) is 5.63. The Morgan fingerprint density at radius 2 is 1.81 bits per heavy atom. The minimum atomic E-state index is -0.161. The van der Waals surface area contributed by atoms with Gasteiger partial charge >= 0.3 is 0 Å². The van der Waals surface area contributed by atoms with E-state index in [1.807, 2.05) is 35.2 Å². The molecule has 2 aromatic heterocycles. The number of hydrogen-bond acceptors (Lipinski definition) is 7. The van der Waals surface area contributed by atoms with E-state index in [9.17, 15) is 4.79 Å². The summed E-state index contributed by atoms with van der Waals surface area (Å²) in [4.78, 5) is 24.3. The third kappa shape index (κ3) is 4.00. The highest BCUT2D eigenvalue weighted by Gasteiger charge is 2.24. The summed E-state index contributed by atoms with van der Waals surface area (Å²) in [6, 6.07) is 13.1. The van der Waals surface area contributed by atoms with Gasteiger partial charge in [0.05, 0.1) is 18.5 Å². The molecular formula is C23H24N6O2. The fourth-order valence-electron chi connectivity index (χ4n) is 3.81. The van der Waals surface area contributed by atoms with E-state index < -0.39 is 0 Å². The summed E-state index contributed by atoms with van der Waals surface area (Å²) in [5, 5.41) is 9.09. The quantitative estimate of drug-likeness (QED) is 0.695. The van der Waals surface area contributed by atoms with E-state index in [2.05, 4.69) is 4.98 Å². The zero-order valence-electron chi connectivity index (χ0n) is 17.6. The molecule has 0 bridgehead atoms. The Balaban J connectivity index is 1.90. The number of hydrogen-bond donors (Lipinski definition) is 1. The maximum Gasteiger partial charge on any atom is 0.293 e. The van der Waals surface area contributed by atoms with E-state index in [-0.39, 0.29) is 11.6 Å². The summed E-state index contributed by atoms with van der Waals surface area (Å²) < 4.78 is 6.90. The molecule has 8 heteroatoms. The number of aromatic nitrogens is 3. The van der Waals surface area contributed by atoms with Gasteiger partial charge in [-0.1, -0.05) is 0 Å². The molecule has 0 saturated carbocycles. The van der Waals surface area contributed by atoms with Crippen molar-refractivity contribution in [3.8, 4) is 34.3 Å². The molecule has 0 unspecified atom stereocenters. The molecule has 3 aromatic rings. The second-order valence-corrected chi connectivity index (χ2v) is 7.59. The van der Waals surface area contributed by atoms with Gasteiger partial charge in [-0.2, -0.15) is 5.26 Å². The van der Waals surface area contributed by atoms with Crippen molar-refractivity contribution in [1.29, 1.82) is 5.26 Å². The summed E-state index contributed by atoms with van der Waals surface area (Å²) in [6.45, 7) is 1.38. The molecule has 2 N–H and O–H groups in total. The Bertz CT molecular complexity index is 1170. The van der Waals surface area contributed by atoms with Crippen molar-refractivity contribution in [3.05, 3.63) is 58.6 Å². The topological polar surface area (TPSA) is 110 Å². The summed E-state index contributed by atoms with van der Waals surface area (Å²) in [5.41, 5.74) is 9.08. The van der Waals surface area contributed by atoms with Gasteiger partial charge in [-0.25, -0.2) is 9.97 Å². The van der Waals surface area contributed by atoms with Gasteiger partial charge in [0, 0.05) is 43.5 Å². The lowest BCUT2D eigenvalue weighted by atomic mass is 10.0. The molecule has 0 amide bonds. The van der Waals surface area contributed by atoms with E-state index >= 15 is 0 Å². The Hall–Kier alpha value is -3.70. The van der Waals surface area contributed by atoms with Crippen LogP contribution in [0.3, 0.4) is 0 Å². The Morgan fingerprint density at radius 3 is 2.39 bits per heavy atom. The lowest BCUT2D eigenvalue weighted by Gasteiger charge is -2.31. The number of nitrogens with zero attached hydrogens (tertiary/aromatic N) is 5. The van der Waals surface area contributed by atoms with Gasteiger partial charge in [0.25, 0.3) is 5.56 Å². The van der Waals surface area contributed by atoms with Crippen LogP contribution in [0.15, 0.2) is 47.4 Å². The molecule has 0 atom stereocenters. The van der Waals surface area contributed by atoms with Crippen LogP contribution in [-0.4, -0.2) is 40.8 Å². The van der Waals surface area contributed by atoms with Gasteiger partial charge in [0.1, 0.15) is 17.5 Å². The second kappa shape index (κ2) is 8.58. The maximum atomic E-state index is 13.3. The third-order valence-electron chi connectivity index (χ3n) is 5.63. The van der Waals surface area contributed by atoms with E-state index in [1.165, 1.54) is 0 Å². The normalized spacial score (nSPS) is 14.3. The van der Waals surface area contributed by atoms with E-state index in [4.69, 9.17) is 20.7 Å². The maximum absolute atomic E-state index is 13.3. The molecular weight excluding hydrogens is 392 g/mol. The highest BCUT2D eigenvalue weighted by molar-refractivity contribution is 5.79. The minimum absolute atomic E-state index is 0.154. The predicted molar refractivity (Wildman–Crippen MR) is 119 cm³/mol. The van der Waals surface area contributed by atoms with Gasteiger partial charge in [0.15, 0.2) is 5.82 Å². The molecule has 1 saturated heterocycles. The van der Waals surface area contributed by atoms with Crippen molar-refractivity contribution in [2.24, 2.45) is 12.8 Å². The van der Waals surface area contributed by atoms with Gasteiger partial charge in [-0.05, 0) is 49.2 Å². The number of methoxy groups -OCH3 is 1. The Labute approximate surface area is 180 Å². The average molecular weight is 416 g/mol. The number of benzene rings is 1. The molecule has 1 aromatic carbocycles. The van der Waals surface area contributed by atoms with E-state index in [0.29, 0.717) is 36.0 Å². The van der Waals surface area contributed by atoms with E-state index in [1.54, 1.807) is 37.1 Å². The first-order valence-electron chi connectivity index (χ1n) is 10.1. The molecule has 3 heterocycles. The lowest BCUT2D eigenvalue weighted by molar-refractivity contribution is 0.415. The smallest absolute Gasteiger partial charge is 0.293 e. The van der Waals surface area contributed by atoms with Crippen molar-refractivity contribution in [2.75, 3.05) is 25.1 Å². The monoisotopic (exact) mass is 416 g/mol. The number of piperidine rings is 1. The summed E-state index contributed by atoms with van der Waals surface area (Å²) in [5.74, 6) is 1.13. The molecule has 1 fully saturated rings. The number of nitrogens with two attached hydrogens (primary N) is 1. The van der Waals surface area contributed by atoms with Crippen LogP contribution in [0.2, 0.25) is 0 Å². The summed E-state index contributed by atoms with van der Waals surface area (Å²) in [7, 11) is 3.36. The first kappa shape index (κ1) is 20.6. The summed E-state index contributed by atoms with van der Waals surface area (Å²) in [6.07, 6.45) is 3.26. The first-order chi connectivity index (χ1) is 15.0. The van der Waals surface area contributed by atoms with Crippen LogP contribution in [0.1, 0.15) is 18.5 Å². The number of rotatable bonds is 4. The Morgan fingerprint density at radius 1 is 1.13 bits per heavy atom. The van der Waals surface area contributed by atoms with Crippen molar-refractivity contribution in [1.82, 2.24) is 14.5 Å². The molecule has 1 aliphatic heterocycles. The van der Waals surface area contributed by atoms with Crippen LogP contribution >= 0.6 is 0 Å². The van der Waals surface area contributed by atoms with Gasteiger partial charge < -0.3 is 19.9 Å². The van der Waals surface area contributed by atoms with Gasteiger partial charge in [-0.3, -0.25) is 4.79 Å². The highest BCUT2D eigenvalue weighted by atomic mass is 16.5. The fourth-order valence-corrected chi connectivity index (χ4v) is 3.81. The SMILES string of the molecule is COc1ccc(-c2c(-c3ccc(C#N)nc3)nc(N3CCC(N)CC3)c(=O)n2C)cc1. The molecule has 0 radical (unpaired) electrons. The number of pyridine rings is 1. The molecule has 8 nitrogen and oxygen atoms in total. The van der Waals surface area contributed by atoms with Crippen molar-refractivity contribution < 1.29 is 4.74 Å². The number of anilines is 1. The molecule has 0 aliphatic carbocycles. The molecule has 158 valence electrons. The van der Waals surface area contributed by atoms with Crippen molar-refractivity contribution in [3.63, 3.8) is 0 Å². The largest absolute Gasteiger partial charge is 0.497 e. The predicted octanol–water partition coefficient (Wildman–Crippen LogP) is 2.32. The van der Waals surface area contributed by atoms with Crippen LogP contribution in [0.4, 0.5) is 5.82 Å². The van der Waals surface area contributed by atoms with Crippen LogP contribution in [-0.2, 0) is 7.05 Å². The van der Waals surface area contributed by atoms with Gasteiger partial charge in [0.2, 0.25) is 0 Å². The van der Waals surface area contributed by atoms with Crippen LogP contribution in [0, 0.1) is 11.3 Å². The zero-order valence-corrected chi connectivity index (χ0v) is 17.6.